The molecule has 0 spiro atoms. The first-order valence-electron chi connectivity index (χ1n) is 4.13. The summed E-state index contributed by atoms with van der Waals surface area (Å²) < 4.78 is 0. The van der Waals surface area contributed by atoms with Gasteiger partial charge < -0.3 is 10.8 Å². The fourth-order valence-corrected chi connectivity index (χ4v) is 0.964. The highest BCUT2D eigenvalue weighted by Crippen LogP contribution is 2.05. The number of hydrogen-bond acceptors (Lipinski definition) is 2. The Kier molecular flexibility index (Phi) is 5.84. The van der Waals surface area contributed by atoms with Crippen molar-refractivity contribution in [3.8, 4) is 0 Å². The van der Waals surface area contributed by atoms with E-state index in [0.29, 0.717) is 6.42 Å². The maximum absolute atomic E-state index is 10.3. The Morgan fingerprint density at radius 2 is 2.18 bits per heavy atom. The molecule has 0 radical (unpaired) electrons. The Bertz CT molecular complexity index is 115. The number of aliphatic hydroxyl groups is 1. The second-order valence-corrected chi connectivity index (χ2v) is 2.82. The van der Waals surface area contributed by atoms with Crippen LogP contribution in [0.3, 0.4) is 0 Å². The van der Waals surface area contributed by atoms with E-state index < -0.39 is 12.0 Å². The largest absolute Gasteiger partial charge is 0.393 e. The minimum Gasteiger partial charge on any atom is -0.393 e. The van der Waals surface area contributed by atoms with Crippen molar-refractivity contribution in [2.75, 3.05) is 0 Å². The molecular weight excluding hydrogens is 142 g/mol. The molecule has 1 unspecified atom stereocenters. The van der Waals surface area contributed by atoms with Crippen LogP contribution in [-0.2, 0) is 4.79 Å². The topological polar surface area (TPSA) is 63.3 Å². The Hall–Kier alpha value is -0.570. The van der Waals surface area contributed by atoms with Gasteiger partial charge in [-0.15, -0.1) is 0 Å². The van der Waals surface area contributed by atoms with E-state index in [-0.39, 0.29) is 6.42 Å². The number of carbonyl (C=O) groups is 1. The van der Waals surface area contributed by atoms with Crippen LogP contribution >= 0.6 is 0 Å². The van der Waals surface area contributed by atoms with Crippen LogP contribution < -0.4 is 5.73 Å². The van der Waals surface area contributed by atoms with Gasteiger partial charge in [0.1, 0.15) is 0 Å². The number of aliphatic hydroxyl groups excluding tert-OH is 1. The van der Waals surface area contributed by atoms with Crippen molar-refractivity contribution in [1.29, 1.82) is 0 Å². The van der Waals surface area contributed by atoms with Gasteiger partial charge in [0.2, 0.25) is 5.91 Å². The number of hydrogen-bond donors (Lipinski definition) is 2. The van der Waals surface area contributed by atoms with Crippen molar-refractivity contribution in [3.05, 3.63) is 0 Å². The van der Waals surface area contributed by atoms with Gasteiger partial charge in [0.25, 0.3) is 0 Å². The van der Waals surface area contributed by atoms with Gasteiger partial charge in [0.05, 0.1) is 12.5 Å². The number of nitrogens with two attached hydrogens (primary N) is 1. The molecule has 0 aliphatic heterocycles. The quantitative estimate of drug-likeness (QED) is 0.563. The molecule has 3 heteroatoms. The summed E-state index contributed by atoms with van der Waals surface area (Å²) in [5.74, 6) is -0.422. The molecule has 0 aromatic rings. The van der Waals surface area contributed by atoms with Crippen molar-refractivity contribution in [3.63, 3.8) is 0 Å². The third-order valence-corrected chi connectivity index (χ3v) is 1.58. The predicted octanol–water partition coefficient (Wildman–Crippen LogP) is 0.803. The molecule has 0 fully saturated rings. The van der Waals surface area contributed by atoms with E-state index in [2.05, 4.69) is 6.92 Å². The molecule has 0 aliphatic rings. The Morgan fingerprint density at radius 3 is 2.64 bits per heavy atom. The lowest BCUT2D eigenvalue weighted by molar-refractivity contribution is -0.119. The number of primary amides is 1. The number of rotatable bonds is 6. The zero-order valence-electron chi connectivity index (χ0n) is 7.05. The molecule has 0 aromatic carbocycles. The maximum Gasteiger partial charge on any atom is 0.220 e. The highest BCUT2D eigenvalue weighted by Gasteiger charge is 2.06. The zero-order chi connectivity index (χ0) is 8.69. The van der Waals surface area contributed by atoms with Crippen molar-refractivity contribution in [2.24, 2.45) is 5.73 Å². The average Bonchev–Trinajstić information content (AvgIpc) is 1.86. The fraction of sp³-hybridized carbons (Fsp3) is 0.875. The first kappa shape index (κ1) is 10.4. The number of amides is 1. The van der Waals surface area contributed by atoms with Crippen LogP contribution in [0.25, 0.3) is 0 Å². The predicted molar refractivity (Wildman–Crippen MR) is 44.0 cm³/mol. The van der Waals surface area contributed by atoms with Crippen LogP contribution in [0.2, 0.25) is 0 Å². The molecule has 1 amide bonds. The molecule has 0 heterocycles. The standard InChI is InChI=1S/C8H17NO2/c1-2-3-4-5-7(10)6-8(9)11/h7,10H,2-6H2,1H3,(H2,9,11). The van der Waals surface area contributed by atoms with E-state index in [1.54, 1.807) is 0 Å². The van der Waals surface area contributed by atoms with E-state index >= 15 is 0 Å². The van der Waals surface area contributed by atoms with Crippen LogP contribution in [0.15, 0.2) is 0 Å². The highest BCUT2D eigenvalue weighted by atomic mass is 16.3. The highest BCUT2D eigenvalue weighted by molar-refractivity contribution is 5.74. The third-order valence-electron chi connectivity index (χ3n) is 1.58. The van der Waals surface area contributed by atoms with E-state index in [1.807, 2.05) is 0 Å². The molecule has 11 heavy (non-hydrogen) atoms. The first-order chi connectivity index (χ1) is 5.16. The van der Waals surface area contributed by atoms with Gasteiger partial charge in [-0.2, -0.15) is 0 Å². The fourth-order valence-electron chi connectivity index (χ4n) is 0.964. The molecule has 0 saturated carbocycles. The third kappa shape index (κ3) is 7.33. The lowest BCUT2D eigenvalue weighted by atomic mass is 10.1. The molecule has 3 nitrogen and oxygen atoms in total. The van der Waals surface area contributed by atoms with E-state index in [4.69, 9.17) is 10.8 Å². The number of carbonyl (C=O) groups excluding carboxylic acids is 1. The summed E-state index contributed by atoms with van der Waals surface area (Å²) in [7, 11) is 0. The molecule has 3 N–H and O–H groups in total. The Morgan fingerprint density at radius 1 is 1.55 bits per heavy atom. The molecule has 0 rings (SSSR count). The van der Waals surface area contributed by atoms with Gasteiger partial charge in [0, 0.05) is 0 Å². The lowest BCUT2D eigenvalue weighted by Crippen LogP contribution is -2.19. The van der Waals surface area contributed by atoms with Crippen LogP contribution in [-0.4, -0.2) is 17.1 Å². The van der Waals surface area contributed by atoms with Crippen molar-refractivity contribution in [1.82, 2.24) is 0 Å². The van der Waals surface area contributed by atoms with Gasteiger partial charge in [-0.3, -0.25) is 4.79 Å². The molecular formula is C8H17NO2. The summed E-state index contributed by atoms with van der Waals surface area (Å²) in [6.07, 6.45) is 3.48. The summed E-state index contributed by atoms with van der Waals surface area (Å²) in [6, 6.07) is 0. The SMILES string of the molecule is CCCCCC(O)CC(N)=O. The normalized spacial score (nSPS) is 12.9. The monoisotopic (exact) mass is 159 g/mol. The minimum absolute atomic E-state index is 0.101. The van der Waals surface area contributed by atoms with Gasteiger partial charge in [-0.1, -0.05) is 26.2 Å². The van der Waals surface area contributed by atoms with Gasteiger partial charge >= 0.3 is 0 Å². The summed E-state index contributed by atoms with van der Waals surface area (Å²) in [4.78, 5) is 10.3. The maximum atomic E-state index is 10.3. The van der Waals surface area contributed by atoms with E-state index in [9.17, 15) is 4.79 Å². The summed E-state index contributed by atoms with van der Waals surface area (Å²) in [5, 5.41) is 9.15. The van der Waals surface area contributed by atoms with Crippen LogP contribution in [0, 0.1) is 0 Å². The van der Waals surface area contributed by atoms with Crippen molar-refractivity contribution >= 4 is 5.91 Å². The Labute approximate surface area is 67.6 Å². The van der Waals surface area contributed by atoms with E-state index in [1.165, 1.54) is 0 Å². The van der Waals surface area contributed by atoms with Gasteiger partial charge in [0.15, 0.2) is 0 Å². The molecule has 0 bridgehead atoms. The molecule has 1 atom stereocenters. The molecule has 0 aliphatic carbocycles. The van der Waals surface area contributed by atoms with Crippen LogP contribution in [0.5, 0.6) is 0 Å². The first-order valence-corrected chi connectivity index (χ1v) is 4.13. The average molecular weight is 159 g/mol. The van der Waals surface area contributed by atoms with Gasteiger partial charge in [-0.05, 0) is 6.42 Å². The molecule has 0 aromatic heterocycles. The van der Waals surface area contributed by atoms with Crippen LogP contribution in [0.1, 0.15) is 39.0 Å². The summed E-state index contributed by atoms with van der Waals surface area (Å²) in [5.41, 5.74) is 4.90. The van der Waals surface area contributed by atoms with Crippen molar-refractivity contribution in [2.45, 2.75) is 45.1 Å². The lowest BCUT2D eigenvalue weighted by Gasteiger charge is -2.06. The summed E-state index contributed by atoms with van der Waals surface area (Å²) >= 11 is 0. The zero-order valence-corrected chi connectivity index (χ0v) is 7.05. The van der Waals surface area contributed by atoms with Gasteiger partial charge in [-0.25, -0.2) is 0 Å². The summed E-state index contributed by atoms with van der Waals surface area (Å²) in [6.45, 7) is 2.10. The molecule has 66 valence electrons. The number of unbranched alkanes of at least 4 members (excludes halogenated alkanes) is 2. The van der Waals surface area contributed by atoms with E-state index in [0.717, 1.165) is 19.3 Å². The molecule has 0 saturated heterocycles. The minimum atomic E-state index is -0.529. The van der Waals surface area contributed by atoms with Crippen LogP contribution in [0.4, 0.5) is 0 Å². The second-order valence-electron chi connectivity index (χ2n) is 2.82. The van der Waals surface area contributed by atoms with Crippen molar-refractivity contribution < 1.29 is 9.90 Å². The Balaban J connectivity index is 3.22. The second kappa shape index (κ2) is 6.16. The smallest absolute Gasteiger partial charge is 0.220 e.